The standard InChI is InChI=1S/C15H14N4O5/c20-11-3-1-9(13(22)5-11)7-16-18-15(24)19-17-8-10-2-4-12(21)6-14(10)23/h1-8,20-23H,(H2,18,19,24)/b16-7-,17-8+. The Morgan fingerprint density at radius 3 is 1.58 bits per heavy atom. The van der Waals surface area contributed by atoms with Gasteiger partial charge >= 0.3 is 6.03 Å². The molecule has 0 aliphatic rings. The first-order chi connectivity index (χ1) is 11.5. The summed E-state index contributed by atoms with van der Waals surface area (Å²) < 4.78 is 0. The number of rotatable bonds is 4. The molecule has 0 saturated heterocycles. The number of amides is 2. The molecule has 2 rings (SSSR count). The average Bonchev–Trinajstić information content (AvgIpc) is 2.51. The van der Waals surface area contributed by atoms with E-state index < -0.39 is 6.03 Å². The zero-order chi connectivity index (χ0) is 17.5. The predicted octanol–water partition coefficient (Wildman–Crippen LogP) is 1.18. The molecule has 124 valence electrons. The monoisotopic (exact) mass is 330 g/mol. The molecule has 2 aromatic rings. The van der Waals surface area contributed by atoms with E-state index in [1.54, 1.807) is 0 Å². The van der Waals surface area contributed by atoms with Crippen molar-refractivity contribution in [2.24, 2.45) is 10.2 Å². The van der Waals surface area contributed by atoms with Gasteiger partial charge in [0.25, 0.3) is 0 Å². The van der Waals surface area contributed by atoms with E-state index >= 15 is 0 Å². The number of nitrogens with one attached hydrogen (secondary N) is 2. The molecular formula is C15H14N4O5. The van der Waals surface area contributed by atoms with Crippen LogP contribution in [0.15, 0.2) is 46.6 Å². The molecule has 2 aromatic carbocycles. The van der Waals surface area contributed by atoms with Crippen LogP contribution in [0.4, 0.5) is 4.79 Å². The zero-order valence-corrected chi connectivity index (χ0v) is 12.2. The van der Waals surface area contributed by atoms with Crippen LogP contribution >= 0.6 is 0 Å². The third kappa shape index (κ3) is 4.63. The number of carbonyl (C=O) groups is 1. The van der Waals surface area contributed by atoms with Crippen molar-refractivity contribution in [1.82, 2.24) is 10.9 Å². The first kappa shape index (κ1) is 16.6. The number of benzene rings is 2. The first-order valence-electron chi connectivity index (χ1n) is 6.62. The lowest BCUT2D eigenvalue weighted by Gasteiger charge is -2.01. The van der Waals surface area contributed by atoms with Gasteiger partial charge in [-0.15, -0.1) is 0 Å². The molecule has 0 atom stereocenters. The molecule has 0 radical (unpaired) electrons. The number of urea groups is 1. The van der Waals surface area contributed by atoms with Crippen LogP contribution in [-0.4, -0.2) is 38.9 Å². The largest absolute Gasteiger partial charge is 0.508 e. The minimum Gasteiger partial charge on any atom is -0.508 e. The van der Waals surface area contributed by atoms with Gasteiger partial charge in [0.2, 0.25) is 0 Å². The smallest absolute Gasteiger partial charge is 0.355 e. The van der Waals surface area contributed by atoms with Crippen LogP contribution in [0.1, 0.15) is 11.1 Å². The molecule has 9 heteroatoms. The first-order valence-corrected chi connectivity index (χ1v) is 6.62. The SMILES string of the molecule is O=C(N/N=C\c1ccc(O)cc1O)N/N=C/c1ccc(O)cc1O. The zero-order valence-electron chi connectivity index (χ0n) is 12.2. The topological polar surface area (TPSA) is 147 Å². The number of phenolic OH excluding ortho intramolecular Hbond substituents is 4. The summed E-state index contributed by atoms with van der Waals surface area (Å²) >= 11 is 0. The summed E-state index contributed by atoms with van der Waals surface area (Å²) in [5.74, 6) is -0.576. The van der Waals surface area contributed by atoms with Crippen molar-refractivity contribution in [3.63, 3.8) is 0 Å². The van der Waals surface area contributed by atoms with E-state index in [1.807, 2.05) is 0 Å². The summed E-state index contributed by atoms with van der Waals surface area (Å²) in [7, 11) is 0. The quantitative estimate of drug-likeness (QED) is 0.368. The van der Waals surface area contributed by atoms with Crippen molar-refractivity contribution < 1.29 is 25.2 Å². The number of phenols is 4. The lowest BCUT2D eigenvalue weighted by atomic mass is 10.2. The fraction of sp³-hybridized carbons (Fsp3) is 0. The van der Waals surface area contributed by atoms with Crippen molar-refractivity contribution in [2.75, 3.05) is 0 Å². The molecule has 0 saturated carbocycles. The van der Waals surface area contributed by atoms with E-state index in [9.17, 15) is 15.0 Å². The maximum atomic E-state index is 11.4. The van der Waals surface area contributed by atoms with E-state index in [1.165, 1.54) is 36.7 Å². The normalized spacial score (nSPS) is 11.0. The summed E-state index contributed by atoms with van der Waals surface area (Å²) in [6.07, 6.45) is 2.37. The molecule has 0 spiro atoms. The van der Waals surface area contributed by atoms with E-state index in [0.717, 1.165) is 12.1 Å². The Morgan fingerprint density at radius 2 is 1.21 bits per heavy atom. The Hall–Kier alpha value is -3.75. The number of hydrogen-bond acceptors (Lipinski definition) is 7. The minimum atomic E-state index is -0.751. The maximum Gasteiger partial charge on any atom is 0.355 e. The maximum absolute atomic E-state index is 11.4. The van der Waals surface area contributed by atoms with Crippen LogP contribution < -0.4 is 10.9 Å². The molecule has 0 aromatic heterocycles. The van der Waals surface area contributed by atoms with Crippen molar-refractivity contribution in [3.8, 4) is 23.0 Å². The number of hydrazone groups is 2. The fourth-order valence-electron chi connectivity index (χ4n) is 1.63. The highest BCUT2D eigenvalue weighted by Crippen LogP contribution is 2.21. The van der Waals surface area contributed by atoms with Gasteiger partial charge in [-0.1, -0.05) is 0 Å². The molecule has 0 heterocycles. The highest BCUT2D eigenvalue weighted by Gasteiger charge is 2.01. The summed E-state index contributed by atoms with van der Waals surface area (Å²) in [6, 6.07) is 7.06. The van der Waals surface area contributed by atoms with Gasteiger partial charge in [0.15, 0.2) is 0 Å². The minimum absolute atomic E-state index is 0.0952. The number of aromatic hydroxyl groups is 4. The van der Waals surface area contributed by atoms with Gasteiger partial charge in [-0.2, -0.15) is 10.2 Å². The van der Waals surface area contributed by atoms with E-state index in [-0.39, 0.29) is 23.0 Å². The second-order valence-electron chi connectivity index (χ2n) is 4.56. The third-order valence-electron chi connectivity index (χ3n) is 2.77. The molecule has 6 N–H and O–H groups in total. The lowest BCUT2D eigenvalue weighted by Crippen LogP contribution is -2.28. The second kappa shape index (κ2) is 7.49. The third-order valence-corrected chi connectivity index (χ3v) is 2.77. The van der Waals surface area contributed by atoms with Crippen LogP contribution in [0.5, 0.6) is 23.0 Å². The van der Waals surface area contributed by atoms with Gasteiger partial charge in [0, 0.05) is 23.3 Å². The molecule has 0 aliphatic heterocycles. The molecular weight excluding hydrogens is 316 g/mol. The van der Waals surface area contributed by atoms with Crippen LogP contribution in [0, 0.1) is 0 Å². The highest BCUT2D eigenvalue weighted by atomic mass is 16.3. The van der Waals surface area contributed by atoms with Gasteiger partial charge in [-0.25, -0.2) is 15.6 Å². The number of carbonyl (C=O) groups excluding carboxylic acids is 1. The van der Waals surface area contributed by atoms with Crippen LogP contribution in [-0.2, 0) is 0 Å². The molecule has 0 unspecified atom stereocenters. The van der Waals surface area contributed by atoms with Crippen LogP contribution in [0.2, 0.25) is 0 Å². The summed E-state index contributed by atoms with van der Waals surface area (Å²) in [5.41, 5.74) is 4.82. The Labute approximate surface area is 136 Å². The van der Waals surface area contributed by atoms with E-state index in [0.29, 0.717) is 11.1 Å². The fourth-order valence-corrected chi connectivity index (χ4v) is 1.63. The van der Waals surface area contributed by atoms with Crippen molar-refractivity contribution in [1.29, 1.82) is 0 Å². The summed E-state index contributed by atoms with van der Waals surface area (Å²) in [5, 5.41) is 44.5. The van der Waals surface area contributed by atoms with Crippen molar-refractivity contribution in [3.05, 3.63) is 47.5 Å². The Balaban J connectivity index is 1.87. The Bertz CT molecular complexity index is 739. The van der Waals surface area contributed by atoms with Gasteiger partial charge in [0.05, 0.1) is 12.4 Å². The van der Waals surface area contributed by atoms with Gasteiger partial charge < -0.3 is 20.4 Å². The molecule has 9 nitrogen and oxygen atoms in total. The van der Waals surface area contributed by atoms with Crippen LogP contribution in [0.3, 0.4) is 0 Å². The summed E-state index contributed by atoms with van der Waals surface area (Å²) in [6.45, 7) is 0. The van der Waals surface area contributed by atoms with Gasteiger partial charge in [-0.3, -0.25) is 0 Å². The highest BCUT2D eigenvalue weighted by molar-refractivity contribution is 5.86. The molecule has 2 amide bonds. The van der Waals surface area contributed by atoms with Gasteiger partial charge in [-0.05, 0) is 24.3 Å². The summed E-state index contributed by atoms with van der Waals surface area (Å²) in [4.78, 5) is 11.4. The number of hydrogen-bond donors (Lipinski definition) is 6. The molecule has 0 bridgehead atoms. The molecule has 0 aliphatic carbocycles. The lowest BCUT2D eigenvalue weighted by molar-refractivity contribution is 0.242. The van der Waals surface area contributed by atoms with Gasteiger partial charge in [0.1, 0.15) is 23.0 Å². The molecule has 0 fully saturated rings. The van der Waals surface area contributed by atoms with E-state index in [4.69, 9.17) is 10.2 Å². The second-order valence-corrected chi connectivity index (χ2v) is 4.56. The van der Waals surface area contributed by atoms with Crippen LogP contribution in [0.25, 0.3) is 0 Å². The predicted molar refractivity (Wildman–Crippen MR) is 86.4 cm³/mol. The Kier molecular flexibility index (Phi) is 5.19. The van der Waals surface area contributed by atoms with Crippen molar-refractivity contribution in [2.45, 2.75) is 0 Å². The van der Waals surface area contributed by atoms with E-state index in [2.05, 4.69) is 21.1 Å². The molecule has 24 heavy (non-hydrogen) atoms. The average molecular weight is 330 g/mol. The number of nitrogens with zero attached hydrogens (tertiary/aromatic N) is 2. The van der Waals surface area contributed by atoms with Crippen molar-refractivity contribution >= 4 is 18.5 Å². The Morgan fingerprint density at radius 1 is 0.792 bits per heavy atom.